The molecule has 0 aromatic rings. The molecule has 2 rings (SSSR count). The van der Waals surface area contributed by atoms with E-state index in [4.69, 9.17) is 14.2 Å². The van der Waals surface area contributed by atoms with Crippen LogP contribution in [0.4, 0.5) is 0 Å². The molecule has 0 bridgehead atoms. The molecule has 0 aromatic carbocycles. The fourth-order valence-corrected chi connectivity index (χ4v) is 4.71. The molecule has 4 atom stereocenters. The Hall–Kier alpha value is -1.62. The topological polar surface area (TPSA) is 61.8 Å². The van der Waals surface area contributed by atoms with Crippen LogP contribution in [0, 0.1) is 23.2 Å². The molecule has 0 N–H and O–H groups in total. The van der Waals surface area contributed by atoms with Crippen LogP contribution in [0.15, 0.2) is 24.8 Å². The van der Waals surface area contributed by atoms with Crippen LogP contribution in [0.1, 0.15) is 59.3 Å². The number of ether oxygens (including phenoxy) is 3. The molecule has 2 aliphatic rings. The fraction of sp³-hybridized carbons (Fsp3) is 0.739. The fourth-order valence-electron chi connectivity index (χ4n) is 4.71. The van der Waals surface area contributed by atoms with Gasteiger partial charge in [-0.2, -0.15) is 0 Å². The lowest BCUT2D eigenvalue weighted by Crippen LogP contribution is -2.49. The van der Waals surface area contributed by atoms with E-state index >= 15 is 0 Å². The summed E-state index contributed by atoms with van der Waals surface area (Å²) in [7, 11) is 0. The second-order valence-electron chi connectivity index (χ2n) is 8.05. The zero-order valence-corrected chi connectivity index (χ0v) is 17.7. The maximum absolute atomic E-state index is 12.9. The Balaban J connectivity index is 2.31. The van der Waals surface area contributed by atoms with Crippen LogP contribution >= 0.6 is 0 Å². The predicted molar refractivity (Wildman–Crippen MR) is 109 cm³/mol. The van der Waals surface area contributed by atoms with E-state index in [0.717, 1.165) is 25.9 Å². The van der Waals surface area contributed by atoms with E-state index in [9.17, 15) is 9.59 Å². The first-order chi connectivity index (χ1) is 13.5. The van der Waals surface area contributed by atoms with Gasteiger partial charge in [0.15, 0.2) is 5.41 Å². The van der Waals surface area contributed by atoms with Crippen LogP contribution in [-0.2, 0) is 23.8 Å². The minimum Gasteiger partial charge on any atom is -0.465 e. The number of carbonyl (C=O) groups excluding carboxylic acids is 2. The Morgan fingerprint density at radius 1 is 1.11 bits per heavy atom. The molecule has 1 aliphatic heterocycles. The third-order valence-electron chi connectivity index (χ3n) is 6.09. The van der Waals surface area contributed by atoms with Crippen LogP contribution < -0.4 is 0 Å². The Morgan fingerprint density at radius 3 is 2.32 bits per heavy atom. The molecular weight excluding hydrogens is 356 g/mol. The molecule has 0 unspecified atom stereocenters. The predicted octanol–water partition coefficient (Wildman–Crippen LogP) is 4.46. The van der Waals surface area contributed by atoms with Gasteiger partial charge in [0, 0.05) is 6.61 Å². The highest BCUT2D eigenvalue weighted by atomic mass is 16.6. The van der Waals surface area contributed by atoms with Crippen molar-refractivity contribution in [3.8, 4) is 0 Å². The third-order valence-corrected chi connectivity index (χ3v) is 6.09. The van der Waals surface area contributed by atoms with Crippen molar-refractivity contribution in [3.05, 3.63) is 24.8 Å². The molecular formula is C23H36O5. The lowest BCUT2D eigenvalue weighted by Gasteiger charge is -2.44. The van der Waals surface area contributed by atoms with Gasteiger partial charge in [-0.25, -0.2) is 0 Å². The molecule has 0 amide bonds. The summed E-state index contributed by atoms with van der Waals surface area (Å²) in [4.78, 5) is 25.8. The second kappa shape index (κ2) is 10.8. The summed E-state index contributed by atoms with van der Waals surface area (Å²) in [5.41, 5.74) is -1.23. The summed E-state index contributed by atoms with van der Waals surface area (Å²) < 4.78 is 16.5. The number of allylic oxidation sites excluding steroid dienone is 2. The van der Waals surface area contributed by atoms with E-state index < -0.39 is 17.4 Å². The number of carbonyl (C=O) groups is 2. The minimum absolute atomic E-state index is 0.0705. The van der Waals surface area contributed by atoms with Crippen LogP contribution in [0.5, 0.6) is 0 Å². The third kappa shape index (κ3) is 5.25. The first kappa shape index (κ1) is 22.7. The average Bonchev–Trinajstić information content (AvgIpc) is 2.69. The van der Waals surface area contributed by atoms with Crippen LogP contribution in [0.25, 0.3) is 0 Å². The summed E-state index contributed by atoms with van der Waals surface area (Å²) in [6.07, 6.45) is 11.3. The number of esters is 2. The summed E-state index contributed by atoms with van der Waals surface area (Å²) in [5, 5.41) is 0. The van der Waals surface area contributed by atoms with Gasteiger partial charge in [0.1, 0.15) is 0 Å². The van der Waals surface area contributed by atoms with E-state index in [2.05, 4.69) is 25.7 Å². The van der Waals surface area contributed by atoms with E-state index in [0.29, 0.717) is 18.8 Å². The van der Waals surface area contributed by atoms with Gasteiger partial charge in [-0.05, 0) is 70.1 Å². The van der Waals surface area contributed by atoms with Crippen molar-refractivity contribution in [2.45, 2.75) is 65.4 Å². The van der Waals surface area contributed by atoms with Crippen molar-refractivity contribution in [3.63, 3.8) is 0 Å². The molecule has 0 radical (unpaired) electrons. The maximum Gasteiger partial charge on any atom is 0.323 e. The number of hydrogen-bond acceptors (Lipinski definition) is 5. The van der Waals surface area contributed by atoms with Crippen LogP contribution in [0.3, 0.4) is 0 Å². The van der Waals surface area contributed by atoms with Crippen molar-refractivity contribution in [2.75, 3.05) is 19.8 Å². The van der Waals surface area contributed by atoms with Crippen molar-refractivity contribution < 1.29 is 23.8 Å². The normalized spacial score (nSPS) is 30.0. The lowest BCUT2D eigenvalue weighted by molar-refractivity contribution is -0.178. The van der Waals surface area contributed by atoms with E-state index in [1.807, 2.05) is 6.08 Å². The Morgan fingerprint density at radius 2 is 1.79 bits per heavy atom. The average molecular weight is 393 g/mol. The van der Waals surface area contributed by atoms with E-state index in [-0.39, 0.29) is 31.2 Å². The Labute approximate surface area is 169 Å². The summed E-state index contributed by atoms with van der Waals surface area (Å²) in [5.74, 6) is -0.341. The van der Waals surface area contributed by atoms with Gasteiger partial charge in [0.25, 0.3) is 0 Å². The van der Waals surface area contributed by atoms with Gasteiger partial charge in [-0.3, -0.25) is 9.59 Å². The molecule has 28 heavy (non-hydrogen) atoms. The highest BCUT2D eigenvalue weighted by Crippen LogP contribution is 2.49. The Kier molecular flexibility index (Phi) is 8.74. The quantitative estimate of drug-likeness (QED) is 0.347. The maximum atomic E-state index is 12.9. The van der Waals surface area contributed by atoms with Gasteiger partial charge < -0.3 is 14.2 Å². The van der Waals surface area contributed by atoms with Gasteiger partial charge in [-0.15, -0.1) is 6.58 Å². The minimum atomic E-state index is -1.23. The Bertz CT molecular complexity index is 543. The number of rotatable bonds is 8. The summed E-state index contributed by atoms with van der Waals surface area (Å²) in [6, 6.07) is 0. The smallest absolute Gasteiger partial charge is 0.323 e. The molecule has 2 fully saturated rings. The largest absolute Gasteiger partial charge is 0.465 e. The monoisotopic (exact) mass is 392 g/mol. The van der Waals surface area contributed by atoms with E-state index in [1.165, 1.54) is 6.42 Å². The molecule has 1 saturated carbocycles. The summed E-state index contributed by atoms with van der Waals surface area (Å²) >= 11 is 0. The first-order valence-corrected chi connectivity index (χ1v) is 10.7. The first-order valence-electron chi connectivity index (χ1n) is 10.7. The van der Waals surface area contributed by atoms with Crippen LogP contribution in [-0.4, -0.2) is 37.9 Å². The molecule has 1 heterocycles. The standard InChI is InChI=1S/C23H36O5/c1-5-10-20-17(4)15-23(21(24)26-6-2,22(25)27-7-3)16-18(20)12-13-19-11-8-9-14-28-19/h5,12-13,17-20H,1,6-11,14-16H2,2-4H3/b13-12+/t17-,18+,19+,20+/m0/s1. The SMILES string of the molecule is C=CC[C@H]1[C@H](/C=C/[C@H]2CCCCO2)CC(C(=O)OCC)(C(=O)OCC)C[C@@H]1C. The number of hydrogen-bond donors (Lipinski definition) is 0. The molecule has 0 spiro atoms. The zero-order valence-electron chi connectivity index (χ0n) is 17.7. The van der Waals surface area contributed by atoms with Gasteiger partial charge in [0.05, 0.1) is 19.3 Å². The van der Waals surface area contributed by atoms with Gasteiger partial charge in [0.2, 0.25) is 0 Å². The van der Waals surface area contributed by atoms with Gasteiger partial charge in [-0.1, -0.05) is 25.2 Å². The molecule has 158 valence electrons. The highest BCUT2D eigenvalue weighted by molar-refractivity contribution is 6.00. The van der Waals surface area contributed by atoms with Crippen LogP contribution in [0.2, 0.25) is 0 Å². The van der Waals surface area contributed by atoms with Crippen molar-refractivity contribution >= 4 is 11.9 Å². The highest BCUT2D eigenvalue weighted by Gasteiger charge is 2.55. The zero-order chi connectivity index (χ0) is 20.6. The molecule has 5 nitrogen and oxygen atoms in total. The molecule has 1 saturated heterocycles. The second-order valence-corrected chi connectivity index (χ2v) is 8.05. The van der Waals surface area contributed by atoms with Crippen molar-refractivity contribution in [1.82, 2.24) is 0 Å². The molecule has 1 aliphatic carbocycles. The van der Waals surface area contributed by atoms with Crippen molar-refractivity contribution in [2.24, 2.45) is 23.2 Å². The molecule has 0 aromatic heterocycles. The molecule has 5 heteroatoms. The summed E-state index contributed by atoms with van der Waals surface area (Å²) in [6.45, 7) is 10.8. The van der Waals surface area contributed by atoms with E-state index in [1.54, 1.807) is 13.8 Å². The van der Waals surface area contributed by atoms with Crippen molar-refractivity contribution in [1.29, 1.82) is 0 Å². The lowest BCUT2D eigenvalue weighted by atomic mass is 9.60. The van der Waals surface area contributed by atoms with Gasteiger partial charge >= 0.3 is 11.9 Å².